The maximum Gasteiger partial charge on any atom is 0.410 e. The average Bonchev–Trinajstić information content (AvgIpc) is 2.55. The van der Waals surface area contributed by atoms with Gasteiger partial charge in [0, 0.05) is 24.5 Å². The lowest BCUT2D eigenvalue weighted by Crippen LogP contribution is -2.31. The Hall–Kier alpha value is -1.58. The third-order valence-electron chi connectivity index (χ3n) is 2.75. The number of aromatic nitrogens is 1. The van der Waals surface area contributed by atoms with Crippen LogP contribution in [0, 0.1) is 0 Å². The topological polar surface area (TPSA) is 42.4 Å². The van der Waals surface area contributed by atoms with Crippen molar-refractivity contribution in [1.82, 2.24) is 9.88 Å². The number of likely N-dealkylation sites (N-methyl/N-ethyl adjacent to an activating group) is 1. The smallest absolute Gasteiger partial charge is 0.410 e. The van der Waals surface area contributed by atoms with Crippen LogP contribution in [0.2, 0.25) is 0 Å². The number of ether oxygens (including phenoxy) is 1. The summed E-state index contributed by atoms with van der Waals surface area (Å²) in [5, 5.41) is 0. The SMILES string of the molecule is CCN1C(=O)O[C@H](c2cccnc2)[C@@H]1C. The van der Waals surface area contributed by atoms with E-state index < -0.39 is 0 Å². The third-order valence-corrected chi connectivity index (χ3v) is 2.75. The van der Waals surface area contributed by atoms with Crippen LogP contribution in [0.3, 0.4) is 0 Å². The average molecular weight is 206 g/mol. The molecule has 0 saturated carbocycles. The largest absolute Gasteiger partial charge is 0.439 e. The first-order valence-electron chi connectivity index (χ1n) is 5.11. The van der Waals surface area contributed by atoms with Gasteiger partial charge in [-0.15, -0.1) is 0 Å². The standard InChI is InChI=1S/C11H14N2O2/c1-3-13-8(2)10(15-11(13)14)9-5-4-6-12-7-9/h4-8,10H,3H2,1-2H3/t8-,10-/m0/s1. The molecule has 1 aromatic rings. The molecule has 0 bridgehead atoms. The van der Waals surface area contributed by atoms with Crippen LogP contribution >= 0.6 is 0 Å². The van der Waals surface area contributed by atoms with Crippen molar-refractivity contribution in [2.24, 2.45) is 0 Å². The summed E-state index contributed by atoms with van der Waals surface area (Å²) in [6.07, 6.45) is 3.03. The summed E-state index contributed by atoms with van der Waals surface area (Å²) in [6, 6.07) is 3.86. The fraction of sp³-hybridized carbons (Fsp3) is 0.455. The third kappa shape index (κ3) is 1.67. The molecule has 4 heteroatoms. The van der Waals surface area contributed by atoms with Crippen LogP contribution < -0.4 is 0 Å². The lowest BCUT2D eigenvalue weighted by atomic mass is 10.1. The number of nitrogens with zero attached hydrogens (tertiary/aromatic N) is 2. The minimum atomic E-state index is -0.237. The normalized spacial score (nSPS) is 25.5. The van der Waals surface area contributed by atoms with E-state index in [1.807, 2.05) is 26.0 Å². The Balaban J connectivity index is 2.23. The summed E-state index contributed by atoms with van der Waals surface area (Å²) < 4.78 is 5.31. The van der Waals surface area contributed by atoms with Gasteiger partial charge in [0.2, 0.25) is 0 Å². The van der Waals surface area contributed by atoms with E-state index >= 15 is 0 Å². The zero-order valence-electron chi connectivity index (χ0n) is 8.88. The predicted octanol–water partition coefficient (Wildman–Crippen LogP) is 1.98. The summed E-state index contributed by atoms with van der Waals surface area (Å²) in [4.78, 5) is 17.2. The second-order valence-electron chi connectivity index (χ2n) is 3.62. The van der Waals surface area contributed by atoms with Crippen molar-refractivity contribution >= 4 is 6.09 Å². The molecular formula is C11H14N2O2. The van der Waals surface area contributed by atoms with Crippen molar-refractivity contribution in [3.05, 3.63) is 30.1 Å². The fourth-order valence-corrected chi connectivity index (χ4v) is 1.91. The lowest BCUT2D eigenvalue weighted by molar-refractivity contribution is 0.130. The van der Waals surface area contributed by atoms with Crippen molar-refractivity contribution in [2.75, 3.05) is 6.54 Å². The fourth-order valence-electron chi connectivity index (χ4n) is 1.91. The van der Waals surface area contributed by atoms with Gasteiger partial charge in [0.05, 0.1) is 6.04 Å². The molecule has 0 unspecified atom stereocenters. The molecule has 0 aliphatic carbocycles. The zero-order valence-corrected chi connectivity index (χ0v) is 8.88. The summed E-state index contributed by atoms with van der Waals surface area (Å²) in [6.45, 7) is 4.62. The van der Waals surface area contributed by atoms with Gasteiger partial charge < -0.3 is 9.64 Å². The molecule has 0 spiro atoms. The number of pyridine rings is 1. The summed E-state index contributed by atoms with van der Waals surface area (Å²) in [5.74, 6) is 0. The molecule has 0 radical (unpaired) electrons. The highest BCUT2D eigenvalue weighted by Crippen LogP contribution is 2.31. The molecule has 80 valence electrons. The predicted molar refractivity (Wildman–Crippen MR) is 55.3 cm³/mol. The monoisotopic (exact) mass is 206 g/mol. The van der Waals surface area contributed by atoms with E-state index in [9.17, 15) is 4.79 Å². The van der Waals surface area contributed by atoms with Crippen molar-refractivity contribution in [3.8, 4) is 0 Å². The molecule has 2 heterocycles. The van der Waals surface area contributed by atoms with Crippen molar-refractivity contribution < 1.29 is 9.53 Å². The first kappa shape index (κ1) is 9.96. The second-order valence-corrected chi connectivity index (χ2v) is 3.62. The van der Waals surface area contributed by atoms with Gasteiger partial charge in [-0.1, -0.05) is 6.07 Å². The van der Waals surface area contributed by atoms with Crippen LogP contribution in [0.1, 0.15) is 25.5 Å². The van der Waals surface area contributed by atoms with E-state index in [1.54, 1.807) is 17.3 Å². The Morgan fingerprint density at radius 2 is 2.40 bits per heavy atom. The van der Waals surface area contributed by atoms with E-state index in [2.05, 4.69) is 4.98 Å². The molecule has 0 aromatic carbocycles. The Labute approximate surface area is 88.9 Å². The molecule has 1 saturated heterocycles. The molecule has 4 nitrogen and oxygen atoms in total. The van der Waals surface area contributed by atoms with Crippen molar-refractivity contribution in [1.29, 1.82) is 0 Å². The van der Waals surface area contributed by atoms with Crippen LogP contribution in [-0.4, -0.2) is 28.6 Å². The quantitative estimate of drug-likeness (QED) is 0.743. The first-order chi connectivity index (χ1) is 7.24. The lowest BCUT2D eigenvalue weighted by Gasteiger charge is -2.18. The second kappa shape index (κ2) is 3.88. The van der Waals surface area contributed by atoms with E-state index in [0.717, 1.165) is 5.56 Å². The molecular weight excluding hydrogens is 192 g/mol. The van der Waals surface area contributed by atoms with Crippen molar-refractivity contribution in [2.45, 2.75) is 26.0 Å². The maximum absolute atomic E-state index is 11.5. The Kier molecular flexibility index (Phi) is 2.58. The van der Waals surface area contributed by atoms with Gasteiger partial charge in [-0.25, -0.2) is 4.79 Å². The first-order valence-corrected chi connectivity index (χ1v) is 5.11. The number of cyclic esters (lactones) is 1. The Bertz CT molecular complexity index is 353. The van der Waals surface area contributed by atoms with Crippen LogP contribution in [0.25, 0.3) is 0 Å². The molecule has 1 aromatic heterocycles. The summed E-state index contributed by atoms with van der Waals surface area (Å²) in [5.41, 5.74) is 0.953. The number of amides is 1. The van der Waals surface area contributed by atoms with Crippen LogP contribution in [0.5, 0.6) is 0 Å². The van der Waals surface area contributed by atoms with Crippen LogP contribution in [0.15, 0.2) is 24.5 Å². The van der Waals surface area contributed by atoms with Gasteiger partial charge in [-0.3, -0.25) is 4.98 Å². The molecule has 1 amide bonds. The van der Waals surface area contributed by atoms with Crippen LogP contribution in [0.4, 0.5) is 4.79 Å². The van der Waals surface area contributed by atoms with E-state index in [0.29, 0.717) is 6.54 Å². The molecule has 15 heavy (non-hydrogen) atoms. The maximum atomic E-state index is 11.5. The molecule has 1 fully saturated rings. The Morgan fingerprint density at radius 3 is 2.93 bits per heavy atom. The molecule has 2 atom stereocenters. The highest BCUT2D eigenvalue weighted by atomic mass is 16.6. The van der Waals surface area contributed by atoms with Gasteiger partial charge in [0.1, 0.15) is 0 Å². The van der Waals surface area contributed by atoms with Gasteiger partial charge in [0.15, 0.2) is 6.10 Å². The van der Waals surface area contributed by atoms with Gasteiger partial charge in [-0.05, 0) is 19.9 Å². The molecule has 1 aliphatic rings. The van der Waals surface area contributed by atoms with E-state index in [1.165, 1.54) is 0 Å². The highest BCUT2D eigenvalue weighted by molar-refractivity contribution is 5.70. The number of hydrogen-bond acceptors (Lipinski definition) is 3. The Morgan fingerprint density at radius 1 is 1.60 bits per heavy atom. The van der Waals surface area contributed by atoms with Crippen molar-refractivity contribution in [3.63, 3.8) is 0 Å². The summed E-state index contributed by atoms with van der Waals surface area (Å²) in [7, 11) is 0. The number of carbonyl (C=O) groups excluding carboxylic acids is 1. The number of carbonyl (C=O) groups is 1. The summed E-state index contributed by atoms with van der Waals surface area (Å²) >= 11 is 0. The van der Waals surface area contributed by atoms with Gasteiger partial charge in [0.25, 0.3) is 0 Å². The minimum Gasteiger partial charge on any atom is -0.439 e. The highest BCUT2D eigenvalue weighted by Gasteiger charge is 2.38. The number of hydrogen-bond donors (Lipinski definition) is 0. The zero-order chi connectivity index (χ0) is 10.8. The molecule has 2 rings (SSSR count). The molecule has 1 aliphatic heterocycles. The van der Waals surface area contributed by atoms with Gasteiger partial charge in [-0.2, -0.15) is 0 Å². The van der Waals surface area contributed by atoms with E-state index in [4.69, 9.17) is 4.74 Å². The van der Waals surface area contributed by atoms with Crippen LogP contribution in [-0.2, 0) is 4.74 Å². The minimum absolute atomic E-state index is 0.0756. The van der Waals surface area contributed by atoms with Gasteiger partial charge >= 0.3 is 6.09 Å². The molecule has 0 N–H and O–H groups in total. The number of rotatable bonds is 2. The van der Waals surface area contributed by atoms with E-state index in [-0.39, 0.29) is 18.2 Å².